The molecule has 5 nitrogen and oxygen atoms in total. The van der Waals surface area contributed by atoms with E-state index in [9.17, 15) is 9.90 Å². The van der Waals surface area contributed by atoms with Crippen molar-refractivity contribution in [1.29, 1.82) is 0 Å². The molecule has 130 valence electrons. The van der Waals surface area contributed by atoms with E-state index in [1.165, 1.54) is 0 Å². The van der Waals surface area contributed by atoms with Gasteiger partial charge in [-0.25, -0.2) is 4.79 Å². The SMILES string of the molecule is CC(C)(C)OC(=O)N[C@H](CO)CCCCOCc1ccccc1. The summed E-state index contributed by atoms with van der Waals surface area (Å²) < 4.78 is 10.8. The Bertz CT molecular complexity index is 442. The number of aliphatic hydroxyl groups is 1. The zero-order valence-electron chi connectivity index (χ0n) is 14.4. The minimum Gasteiger partial charge on any atom is -0.444 e. The number of amides is 1. The monoisotopic (exact) mass is 323 g/mol. The van der Waals surface area contributed by atoms with Crippen molar-refractivity contribution in [2.45, 2.75) is 58.3 Å². The third-order valence-corrected chi connectivity index (χ3v) is 3.14. The first-order valence-electron chi connectivity index (χ1n) is 8.13. The largest absolute Gasteiger partial charge is 0.444 e. The standard InChI is InChI=1S/C18H29NO4/c1-18(2,3)23-17(21)19-16(13-20)11-7-8-12-22-14-15-9-5-4-6-10-15/h4-6,9-10,16,20H,7-8,11-14H2,1-3H3,(H,19,21)/t16-/m0/s1. The van der Waals surface area contributed by atoms with Crippen LogP contribution in [0.25, 0.3) is 0 Å². The van der Waals surface area contributed by atoms with Crippen LogP contribution in [0.1, 0.15) is 45.6 Å². The highest BCUT2D eigenvalue weighted by atomic mass is 16.6. The molecule has 0 saturated heterocycles. The Hall–Kier alpha value is -1.59. The Morgan fingerprint density at radius 1 is 1.22 bits per heavy atom. The maximum absolute atomic E-state index is 11.7. The van der Waals surface area contributed by atoms with Crippen molar-refractivity contribution in [2.24, 2.45) is 0 Å². The highest BCUT2D eigenvalue weighted by Crippen LogP contribution is 2.08. The van der Waals surface area contributed by atoms with Gasteiger partial charge in [0.25, 0.3) is 0 Å². The van der Waals surface area contributed by atoms with E-state index in [2.05, 4.69) is 5.32 Å². The van der Waals surface area contributed by atoms with E-state index in [0.29, 0.717) is 19.6 Å². The molecule has 1 rings (SSSR count). The van der Waals surface area contributed by atoms with Gasteiger partial charge in [-0.2, -0.15) is 0 Å². The fraction of sp³-hybridized carbons (Fsp3) is 0.611. The molecule has 1 aromatic carbocycles. The summed E-state index contributed by atoms with van der Waals surface area (Å²) in [6, 6.07) is 9.76. The first-order valence-corrected chi connectivity index (χ1v) is 8.13. The van der Waals surface area contributed by atoms with Gasteiger partial charge >= 0.3 is 6.09 Å². The van der Waals surface area contributed by atoms with E-state index in [4.69, 9.17) is 9.47 Å². The van der Waals surface area contributed by atoms with Gasteiger partial charge in [-0.15, -0.1) is 0 Å². The molecule has 23 heavy (non-hydrogen) atoms. The van der Waals surface area contributed by atoms with Crippen molar-refractivity contribution in [1.82, 2.24) is 5.32 Å². The number of hydrogen-bond donors (Lipinski definition) is 2. The van der Waals surface area contributed by atoms with E-state index >= 15 is 0 Å². The van der Waals surface area contributed by atoms with Gasteiger partial charge in [-0.1, -0.05) is 30.3 Å². The number of hydrogen-bond acceptors (Lipinski definition) is 4. The minimum atomic E-state index is -0.532. The zero-order valence-corrected chi connectivity index (χ0v) is 14.4. The number of ether oxygens (including phenoxy) is 2. The van der Waals surface area contributed by atoms with Gasteiger partial charge in [-0.3, -0.25) is 0 Å². The first-order chi connectivity index (χ1) is 10.9. The summed E-state index contributed by atoms with van der Waals surface area (Å²) in [5.74, 6) is 0. The highest BCUT2D eigenvalue weighted by Gasteiger charge is 2.18. The van der Waals surface area contributed by atoms with Gasteiger partial charge in [0.2, 0.25) is 0 Å². The van der Waals surface area contributed by atoms with Crippen molar-refractivity contribution in [3.05, 3.63) is 35.9 Å². The molecule has 0 spiro atoms. The van der Waals surface area contributed by atoms with Crippen LogP contribution in [0.3, 0.4) is 0 Å². The van der Waals surface area contributed by atoms with Crippen molar-refractivity contribution < 1.29 is 19.4 Å². The zero-order chi connectivity index (χ0) is 17.1. The summed E-state index contributed by atoms with van der Waals surface area (Å²) in [4.78, 5) is 11.7. The number of carbonyl (C=O) groups is 1. The van der Waals surface area contributed by atoms with Gasteiger partial charge in [-0.05, 0) is 45.6 Å². The Morgan fingerprint density at radius 2 is 1.91 bits per heavy atom. The number of nitrogens with one attached hydrogen (secondary N) is 1. The van der Waals surface area contributed by atoms with Crippen LogP contribution >= 0.6 is 0 Å². The van der Waals surface area contributed by atoms with Gasteiger partial charge < -0.3 is 19.9 Å². The summed E-state index contributed by atoms with van der Waals surface area (Å²) in [5, 5.41) is 12.0. The van der Waals surface area contributed by atoms with Crippen molar-refractivity contribution in [2.75, 3.05) is 13.2 Å². The molecule has 0 unspecified atom stereocenters. The van der Waals surface area contributed by atoms with E-state index < -0.39 is 11.7 Å². The number of alkyl carbamates (subject to hydrolysis) is 1. The third kappa shape index (κ3) is 9.92. The molecule has 0 aliphatic carbocycles. The lowest BCUT2D eigenvalue weighted by molar-refractivity contribution is 0.0476. The molecule has 0 aliphatic rings. The Kier molecular flexibility index (Phi) is 8.66. The quantitative estimate of drug-likeness (QED) is 0.685. The van der Waals surface area contributed by atoms with Gasteiger partial charge in [0.15, 0.2) is 0 Å². The predicted molar refractivity (Wildman–Crippen MR) is 90.2 cm³/mol. The molecule has 0 saturated carbocycles. The van der Waals surface area contributed by atoms with Crippen LogP contribution in [-0.2, 0) is 16.1 Å². The van der Waals surface area contributed by atoms with Crippen LogP contribution in [0.15, 0.2) is 30.3 Å². The number of unbranched alkanes of at least 4 members (excludes halogenated alkanes) is 1. The van der Waals surface area contributed by atoms with E-state index in [1.807, 2.05) is 51.1 Å². The first kappa shape index (κ1) is 19.5. The number of rotatable bonds is 9. The van der Waals surface area contributed by atoms with Crippen LogP contribution in [0.2, 0.25) is 0 Å². The molecular formula is C18H29NO4. The maximum Gasteiger partial charge on any atom is 0.407 e. The van der Waals surface area contributed by atoms with Crippen LogP contribution < -0.4 is 5.32 Å². The van der Waals surface area contributed by atoms with Gasteiger partial charge in [0.05, 0.1) is 19.3 Å². The van der Waals surface area contributed by atoms with Crippen LogP contribution in [-0.4, -0.2) is 36.1 Å². The molecule has 1 aromatic rings. The highest BCUT2D eigenvalue weighted by molar-refractivity contribution is 5.68. The average Bonchev–Trinajstić information content (AvgIpc) is 2.48. The number of aliphatic hydroxyl groups excluding tert-OH is 1. The molecule has 0 radical (unpaired) electrons. The molecule has 2 N–H and O–H groups in total. The van der Waals surface area contributed by atoms with E-state index in [-0.39, 0.29) is 12.6 Å². The lowest BCUT2D eigenvalue weighted by atomic mass is 10.1. The van der Waals surface area contributed by atoms with E-state index in [0.717, 1.165) is 18.4 Å². The van der Waals surface area contributed by atoms with Gasteiger partial charge in [0, 0.05) is 6.61 Å². The second kappa shape index (κ2) is 10.2. The molecule has 0 aliphatic heterocycles. The van der Waals surface area contributed by atoms with E-state index in [1.54, 1.807) is 0 Å². The number of carbonyl (C=O) groups excluding carboxylic acids is 1. The normalized spacial score (nSPS) is 12.7. The fourth-order valence-corrected chi connectivity index (χ4v) is 2.04. The van der Waals surface area contributed by atoms with Crippen LogP contribution in [0.5, 0.6) is 0 Å². The predicted octanol–water partition coefficient (Wildman–Crippen LogP) is 3.26. The Morgan fingerprint density at radius 3 is 2.52 bits per heavy atom. The number of benzene rings is 1. The maximum atomic E-state index is 11.7. The molecular weight excluding hydrogens is 294 g/mol. The summed E-state index contributed by atoms with van der Waals surface area (Å²) in [7, 11) is 0. The summed E-state index contributed by atoms with van der Waals surface area (Å²) >= 11 is 0. The molecule has 1 atom stereocenters. The fourth-order valence-electron chi connectivity index (χ4n) is 2.04. The molecule has 5 heteroatoms. The summed E-state index contributed by atoms with van der Waals surface area (Å²) in [5.41, 5.74) is 0.627. The molecule has 0 heterocycles. The Balaban J connectivity index is 2.11. The van der Waals surface area contributed by atoms with Crippen molar-refractivity contribution in [3.8, 4) is 0 Å². The van der Waals surface area contributed by atoms with Crippen LogP contribution in [0, 0.1) is 0 Å². The van der Waals surface area contributed by atoms with Crippen LogP contribution in [0.4, 0.5) is 4.79 Å². The molecule has 0 bridgehead atoms. The minimum absolute atomic E-state index is 0.0931. The topological polar surface area (TPSA) is 67.8 Å². The Labute approximate surface area is 139 Å². The summed E-state index contributed by atoms with van der Waals surface area (Å²) in [6.45, 7) is 6.61. The van der Waals surface area contributed by atoms with Gasteiger partial charge in [0.1, 0.15) is 5.60 Å². The lowest BCUT2D eigenvalue weighted by Crippen LogP contribution is -2.41. The molecule has 1 amide bonds. The van der Waals surface area contributed by atoms with Crippen molar-refractivity contribution in [3.63, 3.8) is 0 Å². The third-order valence-electron chi connectivity index (χ3n) is 3.14. The lowest BCUT2D eigenvalue weighted by Gasteiger charge is -2.22. The molecule has 0 aromatic heterocycles. The molecule has 0 fully saturated rings. The smallest absolute Gasteiger partial charge is 0.407 e. The summed E-state index contributed by atoms with van der Waals surface area (Å²) in [6.07, 6.45) is 1.97. The average molecular weight is 323 g/mol. The van der Waals surface area contributed by atoms with Crippen molar-refractivity contribution >= 4 is 6.09 Å². The second-order valence-electron chi connectivity index (χ2n) is 6.56. The second-order valence-corrected chi connectivity index (χ2v) is 6.56.